The van der Waals surface area contributed by atoms with E-state index in [1.54, 1.807) is 12.1 Å². The van der Waals surface area contributed by atoms with Gasteiger partial charge in [0.05, 0.1) is 4.90 Å². The van der Waals surface area contributed by atoms with Gasteiger partial charge in [0.1, 0.15) is 19.3 Å². The number of carbonyl (C=O) groups excluding carboxylic acids is 2. The van der Waals surface area contributed by atoms with Crippen LogP contribution in [0.1, 0.15) is 70.6 Å². The zero-order valence-corrected chi connectivity index (χ0v) is 27.3. The smallest absolute Gasteiger partial charge is 0.407 e. The van der Waals surface area contributed by atoms with Crippen LogP contribution in [-0.2, 0) is 42.9 Å². The van der Waals surface area contributed by atoms with Crippen molar-refractivity contribution in [2.45, 2.75) is 83.4 Å². The minimum absolute atomic E-state index is 0.0379. The number of alkyl carbamates (subject to hydrolysis) is 1. The first-order valence-corrected chi connectivity index (χ1v) is 16.6. The molecule has 0 spiro atoms. The number of ether oxygens (including phenoxy) is 2. The maximum absolute atomic E-state index is 14.1. The van der Waals surface area contributed by atoms with Gasteiger partial charge < -0.3 is 14.8 Å². The van der Waals surface area contributed by atoms with E-state index in [2.05, 4.69) is 26.1 Å². The summed E-state index contributed by atoms with van der Waals surface area (Å²) in [5.41, 5.74) is 2.58. The molecule has 0 bridgehead atoms. The standard InChI is InChI=1S/C35H46N2O6S/c1-27(2)24-37(44(40,41)31-21-19-30(20-22-31)35(3,4)5)32(33(38)42-25-28-14-8-6-9-15-28)18-12-13-23-36-34(39)43-26-29-16-10-7-11-17-29/h6-11,14-17,19-22,27,32H,12-13,18,23-26H2,1-5H3,(H,36,39)/t32-/m0/s1. The van der Waals surface area contributed by atoms with E-state index in [0.717, 1.165) is 16.7 Å². The van der Waals surface area contributed by atoms with Gasteiger partial charge in [0, 0.05) is 13.1 Å². The molecule has 0 fully saturated rings. The van der Waals surface area contributed by atoms with Crippen molar-refractivity contribution in [3.63, 3.8) is 0 Å². The summed E-state index contributed by atoms with van der Waals surface area (Å²) in [5.74, 6) is -0.635. The number of nitrogens with one attached hydrogen (secondary N) is 1. The molecule has 3 aromatic rings. The van der Waals surface area contributed by atoms with Crippen LogP contribution in [0.5, 0.6) is 0 Å². The van der Waals surface area contributed by atoms with Crippen LogP contribution in [-0.4, -0.2) is 43.9 Å². The van der Waals surface area contributed by atoms with Crippen molar-refractivity contribution in [3.05, 3.63) is 102 Å². The number of carbonyl (C=O) groups is 2. The van der Waals surface area contributed by atoms with E-state index >= 15 is 0 Å². The summed E-state index contributed by atoms with van der Waals surface area (Å²) in [5, 5.41) is 2.73. The van der Waals surface area contributed by atoms with Crippen LogP contribution < -0.4 is 5.32 Å². The molecular weight excluding hydrogens is 576 g/mol. The molecule has 44 heavy (non-hydrogen) atoms. The fraction of sp³-hybridized carbons (Fsp3) is 0.429. The zero-order valence-electron chi connectivity index (χ0n) is 26.5. The van der Waals surface area contributed by atoms with Gasteiger partial charge in [0.15, 0.2) is 0 Å². The van der Waals surface area contributed by atoms with Crippen LogP contribution in [0.2, 0.25) is 0 Å². The summed E-state index contributed by atoms with van der Waals surface area (Å²) < 4.78 is 40.4. The molecule has 1 amide bonds. The molecule has 1 atom stereocenters. The first-order chi connectivity index (χ1) is 20.9. The average Bonchev–Trinajstić information content (AvgIpc) is 3.00. The van der Waals surface area contributed by atoms with Gasteiger partial charge >= 0.3 is 12.1 Å². The number of nitrogens with zero attached hydrogens (tertiary/aromatic N) is 1. The van der Waals surface area contributed by atoms with E-state index in [1.807, 2.05) is 86.6 Å². The minimum Gasteiger partial charge on any atom is -0.460 e. The maximum Gasteiger partial charge on any atom is 0.407 e. The Hall–Kier alpha value is -3.69. The SMILES string of the molecule is CC(C)CN([C@@H](CCCCNC(=O)OCc1ccccc1)C(=O)OCc1ccccc1)S(=O)(=O)c1ccc(C(C)(C)C)cc1. The van der Waals surface area contributed by atoms with E-state index in [1.165, 1.54) is 4.31 Å². The molecule has 0 aromatic heterocycles. The minimum atomic E-state index is -4.03. The highest BCUT2D eigenvalue weighted by Crippen LogP contribution is 2.27. The predicted octanol–water partition coefficient (Wildman–Crippen LogP) is 6.84. The fourth-order valence-electron chi connectivity index (χ4n) is 4.65. The van der Waals surface area contributed by atoms with Crippen LogP contribution in [0, 0.1) is 5.92 Å². The molecule has 0 radical (unpaired) electrons. The molecular formula is C35H46N2O6S. The van der Waals surface area contributed by atoms with Gasteiger partial charge in [-0.05, 0) is 59.4 Å². The lowest BCUT2D eigenvalue weighted by atomic mass is 9.87. The first-order valence-electron chi connectivity index (χ1n) is 15.2. The van der Waals surface area contributed by atoms with Gasteiger partial charge in [-0.3, -0.25) is 4.79 Å². The highest BCUT2D eigenvalue weighted by atomic mass is 32.2. The van der Waals surface area contributed by atoms with Gasteiger partial charge in [0.25, 0.3) is 0 Å². The number of esters is 1. The highest BCUT2D eigenvalue weighted by molar-refractivity contribution is 7.89. The third-order valence-corrected chi connectivity index (χ3v) is 8.99. The molecule has 0 heterocycles. The van der Waals surface area contributed by atoms with Crippen molar-refractivity contribution in [2.75, 3.05) is 13.1 Å². The molecule has 0 aliphatic carbocycles. The van der Waals surface area contributed by atoms with Crippen molar-refractivity contribution >= 4 is 22.1 Å². The molecule has 238 valence electrons. The molecule has 3 rings (SSSR count). The van der Waals surface area contributed by atoms with Crippen LogP contribution in [0.15, 0.2) is 89.8 Å². The van der Waals surface area contributed by atoms with E-state index in [4.69, 9.17) is 9.47 Å². The second-order valence-electron chi connectivity index (χ2n) is 12.3. The number of sulfonamides is 1. The van der Waals surface area contributed by atoms with Crippen molar-refractivity contribution < 1.29 is 27.5 Å². The highest BCUT2D eigenvalue weighted by Gasteiger charge is 2.37. The zero-order chi connectivity index (χ0) is 32.2. The van der Waals surface area contributed by atoms with E-state index in [9.17, 15) is 18.0 Å². The summed E-state index contributed by atoms with van der Waals surface area (Å²) in [7, 11) is -4.03. The molecule has 0 saturated heterocycles. The Kier molecular flexibility index (Phi) is 13.0. The lowest BCUT2D eigenvalue weighted by Gasteiger charge is -2.31. The summed E-state index contributed by atoms with van der Waals surface area (Å²) in [6.07, 6.45) is 0.714. The van der Waals surface area contributed by atoms with Gasteiger partial charge in [-0.1, -0.05) is 107 Å². The summed E-state index contributed by atoms with van der Waals surface area (Å²) in [6, 6.07) is 24.5. The van der Waals surface area contributed by atoms with Crippen LogP contribution in [0.25, 0.3) is 0 Å². The topological polar surface area (TPSA) is 102 Å². The van der Waals surface area contributed by atoms with E-state index < -0.39 is 28.1 Å². The quantitative estimate of drug-likeness (QED) is 0.147. The number of hydrogen-bond acceptors (Lipinski definition) is 6. The Morgan fingerprint density at radius 2 is 1.34 bits per heavy atom. The number of unbranched alkanes of at least 4 members (excludes halogenated alkanes) is 1. The molecule has 0 saturated carbocycles. The van der Waals surface area contributed by atoms with Crippen LogP contribution in [0.4, 0.5) is 4.79 Å². The Bertz CT molecular complexity index is 1420. The lowest BCUT2D eigenvalue weighted by Crippen LogP contribution is -2.47. The molecule has 0 aliphatic rings. The Balaban J connectivity index is 1.73. The number of amides is 1. The van der Waals surface area contributed by atoms with Gasteiger partial charge in [-0.25, -0.2) is 13.2 Å². The van der Waals surface area contributed by atoms with Crippen LogP contribution in [0.3, 0.4) is 0 Å². The lowest BCUT2D eigenvalue weighted by molar-refractivity contribution is -0.150. The van der Waals surface area contributed by atoms with E-state index in [-0.39, 0.29) is 42.4 Å². The monoisotopic (exact) mass is 622 g/mol. The summed E-state index contributed by atoms with van der Waals surface area (Å²) in [4.78, 5) is 25.9. The molecule has 1 N–H and O–H groups in total. The number of rotatable bonds is 15. The van der Waals surface area contributed by atoms with Gasteiger partial charge in [0.2, 0.25) is 10.0 Å². The van der Waals surface area contributed by atoms with Crippen molar-refractivity contribution in [1.29, 1.82) is 0 Å². The normalized spacial score (nSPS) is 12.6. The van der Waals surface area contributed by atoms with Crippen molar-refractivity contribution in [2.24, 2.45) is 5.92 Å². The second kappa shape index (κ2) is 16.4. The average molecular weight is 623 g/mol. The van der Waals surface area contributed by atoms with E-state index in [0.29, 0.717) is 19.4 Å². The van der Waals surface area contributed by atoms with Gasteiger partial charge in [-0.15, -0.1) is 0 Å². The molecule has 0 unspecified atom stereocenters. The first kappa shape index (κ1) is 34.8. The molecule has 3 aromatic carbocycles. The third-order valence-electron chi connectivity index (χ3n) is 7.10. The maximum atomic E-state index is 14.1. The second-order valence-corrected chi connectivity index (χ2v) is 14.2. The largest absolute Gasteiger partial charge is 0.460 e. The van der Waals surface area contributed by atoms with Crippen molar-refractivity contribution in [1.82, 2.24) is 9.62 Å². The number of benzene rings is 3. The van der Waals surface area contributed by atoms with Crippen molar-refractivity contribution in [3.8, 4) is 0 Å². The summed E-state index contributed by atoms with van der Waals surface area (Å²) >= 11 is 0. The molecule has 0 aliphatic heterocycles. The number of hydrogen-bond donors (Lipinski definition) is 1. The molecule has 9 heteroatoms. The fourth-order valence-corrected chi connectivity index (χ4v) is 6.42. The summed E-state index contributed by atoms with van der Waals surface area (Å²) in [6.45, 7) is 10.7. The predicted molar refractivity (Wildman–Crippen MR) is 172 cm³/mol. The molecule has 8 nitrogen and oxygen atoms in total. The Labute approximate surface area is 262 Å². The van der Waals surface area contributed by atoms with Gasteiger partial charge in [-0.2, -0.15) is 4.31 Å². The third kappa shape index (κ3) is 10.8. The Morgan fingerprint density at radius 1 is 0.795 bits per heavy atom. The Morgan fingerprint density at radius 3 is 1.86 bits per heavy atom. The van der Waals surface area contributed by atoms with Crippen LogP contribution >= 0.6 is 0 Å².